The first-order valence-electron chi connectivity index (χ1n) is 7.79. The zero-order valence-corrected chi connectivity index (χ0v) is 14.3. The summed E-state index contributed by atoms with van der Waals surface area (Å²) in [6, 6.07) is 10.0. The van der Waals surface area contributed by atoms with Gasteiger partial charge in [0.05, 0.1) is 5.75 Å². The number of rotatable bonds is 6. The zero-order chi connectivity index (χ0) is 15.9. The molecule has 0 unspecified atom stereocenters. The lowest BCUT2D eigenvalue weighted by Crippen LogP contribution is -2.47. The normalized spacial score (nSPS) is 22.1. The highest BCUT2D eigenvalue weighted by atomic mass is 32.2. The Morgan fingerprint density at radius 3 is 2.59 bits per heavy atom. The van der Waals surface area contributed by atoms with Crippen LogP contribution in [0.2, 0.25) is 0 Å². The lowest BCUT2D eigenvalue weighted by Gasteiger charge is -2.38. The van der Waals surface area contributed by atoms with Gasteiger partial charge in [0.15, 0.2) is 0 Å². The number of thioether (sulfide) groups is 1. The number of hydrogen-bond acceptors (Lipinski definition) is 4. The van der Waals surface area contributed by atoms with Gasteiger partial charge in [-0.05, 0) is 44.5 Å². The molecule has 1 amide bonds. The van der Waals surface area contributed by atoms with Crippen molar-refractivity contribution in [3.8, 4) is 0 Å². The molecule has 1 N–H and O–H groups in total. The molecule has 0 radical (unpaired) electrons. The van der Waals surface area contributed by atoms with E-state index in [1.54, 1.807) is 11.8 Å². The Hall–Kier alpha value is -1.04. The van der Waals surface area contributed by atoms with Gasteiger partial charge in [0.2, 0.25) is 5.91 Å². The monoisotopic (exact) mass is 322 g/mol. The fourth-order valence-electron chi connectivity index (χ4n) is 3.06. The van der Waals surface area contributed by atoms with E-state index >= 15 is 0 Å². The third-order valence-corrected chi connectivity index (χ3v) is 4.96. The number of nitrogens with zero attached hydrogens (tertiary/aromatic N) is 2. The SMILES string of the molecule is CN(C)C[C@H]1C[C@H](CO)CN(C(=O)CSc2ccccc2)C1. The Bertz CT molecular complexity index is 467. The van der Waals surface area contributed by atoms with Crippen LogP contribution in [0.15, 0.2) is 35.2 Å². The van der Waals surface area contributed by atoms with E-state index in [4.69, 9.17) is 0 Å². The van der Waals surface area contributed by atoms with Gasteiger partial charge in [-0.3, -0.25) is 4.79 Å². The zero-order valence-electron chi connectivity index (χ0n) is 13.4. The Morgan fingerprint density at radius 1 is 1.27 bits per heavy atom. The van der Waals surface area contributed by atoms with E-state index in [9.17, 15) is 9.90 Å². The van der Waals surface area contributed by atoms with Crippen LogP contribution in [-0.4, -0.2) is 66.9 Å². The van der Waals surface area contributed by atoms with Gasteiger partial charge in [-0.2, -0.15) is 0 Å². The summed E-state index contributed by atoms with van der Waals surface area (Å²) in [6.45, 7) is 2.63. The molecule has 0 aliphatic carbocycles. The van der Waals surface area contributed by atoms with E-state index in [1.807, 2.05) is 35.2 Å². The van der Waals surface area contributed by atoms with Crippen molar-refractivity contribution in [2.45, 2.75) is 11.3 Å². The summed E-state index contributed by atoms with van der Waals surface area (Å²) in [5.41, 5.74) is 0. The first-order valence-corrected chi connectivity index (χ1v) is 8.78. The third-order valence-electron chi connectivity index (χ3n) is 3.96. The summed E-state index contributed by atoms with van der Waals surface area (Å²) in [5.74, 6) is 1.31. The number of carbonyl (C=O) groups excluding carboxylic acids is 1. The van der Waals surface area contributed by atoms with Crippen LogP contribution in [0.5, 0.6) is 0 Å². The number of aliphatic hydroxyl groups excluding tert-OH is 1. The summed E-state index contributed by atoms with van der Waals surface area (Å²) in [4.78, 5) is 17.7. The number of likely N-dealkylation sites (tertiary alicyclic amines) is 1. The highest BCUT2D eigenvalue weighted by molar-refractivity contribution is 8.00. The highest BCUT2D eigenvalue weighted by Gasteiger charge is 2.29. The van der Waals surface area contributed by atoms with Gasteiger partial charge >= 0.3 is 0 Å². The first-order chi connectivity index (χ1) is 10.6. The molecule has 122 valence electrons. The smallest absolute Gasteiger partial charge is 0.232 e. The van der Waals surface area contributed by atoms with Crippen molar-refractivity contribution in [3.05, 3.63) is 30.3 Å². The number of hydrogen-bond donors (Lipinski definition) is 1. The van der Waals surface area contributed by atoms with Gasteiger partial charge < -0.3 is 14.9 Å². The number of aliphatic hydroxyl groups is 1. The van der Waals surface area contributed by atoms with Crippen LogP contribution in [0.1, 0.15) is 6.42 Å². The van der Waals surface area contributed by atoms with E-state index in [0.717, 1.165) is 24.4 Å². The Labute approximate surface area is 137 Å². The minimum Gasteiger partial charge on any atom is -0.396 e. The van der Waals surface area contributed by atoms with Crippen molar-refractivity contribution in [2.24, 2.45) is 11.8 Å². The third kappa shape index (κ3) is 5.30. The molecular weight excluding hydrogens is 296 g/mol. The van der Waals surface area contributed by atoms with Gasteiger partial charge in [0, 0.05) is 31.1 Å². The van der Waals surface area contributed by atoms with E-state index in [-0.39, 0.29) is 18.4 Å². The van der Waals surface area contributed by atoms with E-state index in [2.05, 4.69) is 19.0 Å². The van der Waals surface area contributed by atoms with Crippen LogP contribution < -0.4 is 0 Å². The molecule has 1 aromatic carbocycles. The van der Waals surface area contributed by atoms with Crippen LogP contribution in [-0.2, 0) is 4.79 Å². The van der Waals surface area contributed by atoms with E-state index < -0.39 is 0 Å². The standard InChI is InChI=1S/C17H26N2O2S/c1-18(2)9-14-8-15(12-20)11-19(10-14)17(21)13-22-16-6-4-3-5-7-16/h3-7,14-15,20H,8-13H2,1-2H3/t14-,15+/m1/s1. The molecule has 2 rings (SSSR count). The summed E-state index contributed by atoms with van der Waals surface area (Å²) < 4.78 is 0. The Kier molecular flexibility index (Phi) is 6.73. The molecule has 0 spiro atoms. The fraction of sp³-hybridized carbons (Fsp3) is 0.588. The molecule has 1 aromatic rings. The van der Waals surface area contributed by atoms with E-state index in [0.29, 0.717) is 18.2 Å². The van der Waals surface area contributed by atoms with Gasteiger partial charge in [0.1, 0.15) is 0 Å². The average Bonchev–Trinajstić information content (AvgIpc) is 2.52. The molecule has 0 aromatic heterocycles. The van der Waals surface area contributed by atoms with Crippen molar-refractivity contribution in [2.75, 3.05) is 46.1 Å². The van der Waals surface area contributed by atoms with Crippen LogP contribution in [0, 0.1) is 11.8 Å². The maximum absolute atomic E-state index is 12.5. The molecule has 1 aliphatic rings. The second kappa shape index (κ2) is 8.56. The minimum atomic E-state index is 0.166. The van der Waals surface area contributed by atoms with Crippen LogP contribution in [0.4, 0.5) is 0 Å². The highest BCUT2D eigenvalue weighted by Crippen LogP contribution is 2.24. The maximum Gasteiger partial charge on any atom is 0.232 e. The summed E-state index contributed by atoms with van der Waals surface area (Å²) in [6.07, 6.45) is 1.00. The molecule has 0 bridgehead atoms. The van der Waals surface area contributed by atoms with Gasteiger partial charge in [-0.1, -0.05) is 18.2 Å². The van der Waals surface area contributed by atoms with Gasteiger partial charge in [0.25, 0.3) is 0 Å². The molecule has 1 aliphatic heterocycles. The first kappa shape index (κ1) is 17.3. The summed E-state index contributed by atoms with van der Waals surface area (Å²) in [5, 5.41) is 9.49. The predicted molar refractivity (Wildman–Crippen MR) is 91.0 cm³/mol. The largest absolute Gasteiger partial charge is 0.396 e. The van der Waals surface area contributed by atoms with Crippen molar-refractivity contribution < 1.29 is 9.90 Å². The quantitative estimate of drug-likeness (QED) is 0.811. The lowest BCUT2D eigenvalue weighted by atomic mass is 9.89. The van der Waals surface area contributed by atoms with Crippen LogP contribution in [0.25, 0.3) is 0 Å². The molecule has 5 heteroatoms. The fourth-order valence-corrected chi connectivity index (χ4v) is 3.88. The van der Waals surface area contributed by atoms with Crippen molar-refractivity contribution in [3.63, 3.8) is 0 Å². The summed E-state index contributed by atoms with van der Waals surface area (Å²) in [7, 11) is 4.11. The number of piperidine rings is 1. The lowest BCUT2D eigenvalue weighted by molar-refractivity contribution is -0.131. The molecule has 1 saturated heterocycles. The second-order valence-corrected chi connectivity index (χ2v) is 7.36. The van der Waals surface area contributed by atoms with Gasteiger partial charge in [-0.15, -0.1) is 11.8 Å². The van der Waals surface area contributed by atoms with Crippen LogP contribution in [0.3, 0.4) is 0 Å². The van der Waals surface area contributed by atoms with E-state index in [1.165, 1.54) is 0 Å². The Balaban J connectivity index is 1.89. The molecular formula is C17H26N2O2S. The van der Waals surface area contributed by atoms with Crippen LogP contribution >= 0.6 is 11.8 Å². The van der Waals surface area contributed by atoms with Crippen molar-refractivity contribution >= 4 is 17.7 Å². The number of carbonyl (C=O) groups is 1. The number of benzene rings is 1. The molecule has 4 nitrogen and oxygen atoms in total. The minimum absolute atomic E-state index is 0.166. The average molecular weight is 322 g/mol. The summed E-state index contributed by atoms with van der Waals surface area (Å²) >= 11 is 1.58. The van der Waals surface area contributed by atoms with Crippen molar-refractivity contribution in [1.29, 1.82) is 0 Å². The maximum atomic E-state index is 12.5. The van der Waals surface area contributed by atoms with Gasteiger partial charge in [-0.25, -0.2) is 0 Å². The molecule has 2 atom stereocenters. The number of amides is 1. The molecule has 1 heterocycles. The molecule has 1 fully saturated rings. The van der Waals surface area contributed by atoms with Crippen molar-refractivity contribution in [1.82, 2.24) is 9.80 Å². The molecule has 0 saturated carbocycles. The second-order valence-electron chi connectivity index (χ2n) is 6.31. The Morgan fingerprint density at radius 2 is 1.95 bits per heavy atom. The topological polar surface area (TPSA) is 43.8 Å². The predicted octanol–water partition coefficient (Wildman–Crippen LogP) is 1.80. The molecule has 22 heavy (non-hydrogen) atoms.